The van der Waals surface area contributed by atoms with Crippen molar-refractivity contribution < 1.29 is 28.9 Å². The molecule has 2 atom stereocenters. The first-order valence-corrected chi connectivity index (χ1v) is 4.36. The van der Waals surface area contributed by atoms with Crippen LogP contribution in [0.1, 0.15) is 22.0 Å². The zero-order valence-corrected chi connectivity index (χ0v) is 8.26. The first kappa shape index (κ1) is 13.0. The highest BCUT2D eigenvalue weighted by molar-refractivity contribution is 5.88. The van der Waals surface area contributed by atoms with Gasteiger partial charge in [-0.15, -0.1) is 0 Å². The summed E-state index contributed by atoms with van der Waals surface area (Å²) < 4.78 is 26.4. The first-order valence-electron chi connectivity index (χ1n) is 4.36. The number of aliphatic hydroxyl groups excluding tert-OH is 2. The van der Waals surface area contributed by atoms with Crippen molar-refractivity contribution in [2.75, 3.05) is 0 Å². The van der Waals surface area contributed by atoms with Crippen molar-refractivity contribution >= 4 is 5.97 Å². The predicted octanol–water partition coefficient (Wildman–Crippen LogP) is 0.581. The Kier molecular flexibility index (Phi) is 3.73. The van der Waals surface area contributed by atoms with E-state index in [1.807, 2.05) is 0 Å². The molecule has 0 bridgehead atoms. The molecule has 0 radical (unpaired) electrons. The minimum atomic E-state index is -1.86. The quantitative estimate of drug-likeness (QED) is 0.674. The maximum Gasteiger partial charge on any atom is 0.341 e. The largest absolute Gasteiger partial charge is 0.477 e. The number of aliphatic hydroxyl groups is 2. The van der Waals surface area contributed by atoms with Crippen molar-refractivity contribution in [2.45, 2.75) is 12.2 Å². The van der Waals surface area contributed by atoms with Gasteiger partial charge < -0.3 is 15.3 Å². The number of hydrogen-bond donors (Lipinski definition) is 3. The van der Waals surface area contributed by atoms with Gasteiger partial charge in [0.25, 0.3) is 0 Å². The van der Waals surface area contributed by atoms with E-state index in [9.17, 15) is 18.7 Å². The molecule has 0 aromatic heterocycles. The minimum Gasteiger partial charge on any atom is -0.477 e. The maximum absolute atomic E-state index is 13.2. The molecule has 0 spiro atoms. The molecule has 0 amide bonds. The molecule has 2 unspecified atom stereocenters. The van der Waals surface area contributed by atoms with Crippen molar-refractivity contribution in [3.05, 3.63) is 34.9 Å². The number of carboxylic acids is 1. The molecule has 0 aliphatic heterocycles. The van der Waals surface area contributed by atoms with Crippen LogP contribution in [-0.2, 0) is 0 Å². The van der Waals surface area contributed by atoms with E-state index in [2.05, 4.69) is 0 Å². The summed E-state index contributed by atoms with van der Waals surface area (Å²) in [6.07, 6.45) is -3.67. The molecule has 3 N–H and O–H groups in total. The number of carbonyl (C=O) groups is 1. The minimum absolute atomic E-state index is 0.418. The third kappa shape index (κ3) is 2.55. The molecule has 1 rings (SSSR count). The van der Waals surface area contributed by atoms with Gasteiger partial charge in [0.1, 0.15) is 23.3 Å². The summed E-state index contributed by atoms with van der Waals surface area (Å²) in [5.41, 5.74) is -1.58. The molecule has 0 aliphatic carbocycles. The van der Waals surface area contributed by atoms with Crippen LogP contribution in [0.25, 0.3) is 0 Å². The Morgan fingerprint density at radius 1 is 1.29 bits per heavy atom. The summed E-state index contributed by atoms with van der Waals surface area (Å²) in [7, 11) is 0. The normalized spacial score (nSPS) is 13.8. The number of nitriles is 1. The van der Waals surface area contributed by atoms with Crippen LogP contribution in [0, 0.1) is 23.0 Å². The van der Waals surface area contributed by atoms with Crippen molar-refractivity contribution in [1.29, 1.82) is 5.26 Å². The average molecular weight is 243 g/mol. The van der Waals surface area contributed by atoms with Crippen LogP contribution in [-0.4, -0.2) is 27.4 Å². The molecular weight excluding hydrogens is 236 g/mol. The fourth-order valence-corrected chi connectivity index (χ4v) is 1.22. The number of rotatable bonds is 3. The highest BCUT2D eigenvalue weighted by Gasteiger charge is 2.23. The van der Waals surface area contributed by atoms with Crippen LogP contribution in [0.15, 0.2) is 12.1 Å². The van der Waals surface area contributed by atoms with Crippen molar-refractivity contribution in [2.24, 2.45) is 0 Å². The zero-order chi connectivity index (χ0) is 13.2. The van der Waals surface area contributed by atoms with Gasteiger partial charge in [-0.25, -0.2) is 13.6 Å². The van der Waals surface area contributed by atoms with Crippen LogP contribution in [0.3, 0.4) is 0 Å². The highest BCUT2D eigenvalue weighted by atomic mass is 19.1. The Morgan fingerprint density at radius 2 is 1.76 bits per heavy atom. The number of halogens is 2. The first-order chi connectivity index (χ1) is 7.88. The van der Waals surface area contributed by atoms with E-state index in [0.717, 1.165) is 0 Å². The molecule has 5 nitrogen and oxygen atoms in total. The molecule has 0 fully saturated rings. The molecule has 1 aromatic carbocycles. The van der Waals surface area contributed by atoms with E-state index in [1.165, 1.54) is 6.07 Å². The standard InChI is InChI=1S/C10H7F2NO4/c11-5-1-4(9(15)7(14)3-13)2-6(12)8(5)10(16)17/h1-2,7,9,14-15H,(H,16,17). The Morgan fingerprint density at radius 3 is 2.12 bits per heavy atom. The monoisotopic (exact) mass is 243 g/mol. The Labute approximate surface area is 94.2 Å². The summed E-state index contributed by atoms with van der Waals surface area (Å²) in [5.74, 6) is -4.57. The third-order valence-electron chi connectivity index (χ3n) is 2.05. The number of carboxylic acid groups (broad SMARTS) is 1. The Balaban J connectivity index is 3.24. The van der Waals surface area contributed by atoms with Gasteiger partial charge in [-0.3, -0.25) is 0 Å². The van der Waals surface area contributed by atoms with Crippen LogP contribution >= 0.6 is 0 Å². The van der Waals surface area contributed by atoms with Gasteiger partial charge in [0.15, 0.2) is 6.10 Å². The summed E-state index contributed by atoms with van der Waals surface area (Å²) >= 11 is 0. The van der Waals surface area contributed by atoms with Crippen LogP contribution in [0.2, 0.25) is 0 Å². The SMILES string of the molecule is N#CC(O)C(O)c1cc(F)c(C(=O)O)c(F)c1. The van der Waals surface area contributed by atoms with Crippen LogP contribution < -0.4 is 0 Å². The van der Waals surface area contributed by atoms with Gasteiger partial charge in [0.2, 0.25) is 0 Å². The van der Waals surface area contributed by atoms with E-state index in [4.69, 9.17) is 15.5 Å². The molecular formula is C10H7F2NO4. The summed E-state index contributed by atoms with van der Waals surface area (Å²) in [4.78, 5) is 10.5. The number of hydrogen-bond acceptors (Lipinski definition) is 4. The second-order valence-corrected chi connectivity index (χ2v) is 3.18. The summed E-state index contributed by atoms with van der Waals surface area (Å²) in [5, 5.41) is 35.1. The molecule has 1 aromatic rings. The van der Waals surface area contributed by atoms with E-state index in [-0.39, 0.29) is 0 Å². The fourth-order valence-electron chi connectivity index (χ4n) is 1.22. The van der Waals surface area contributed by atoms with Crippen molar-refractivity contribution in [3.8, 4) is 6.07 Å². The van der Waals surface area contributed by atoms with Gasteiger partial charge >= 0.3 is 5.97 Å². The van der Waals surface area contributed by atoms with E-state index in [1.54, 1.807) is 0 Å². The van der Waals surface area contributed by atoms with Crippen molar-refractivity contribution in [1.82, 2.24) is 0 Å². The molecule has 0 saturated heterocycles. The van der Waals surface area contributed by atoms with Crippen molar-refractivity contribution in [3.63, 3.8) is 0 Å². The topological polar surface area (TPSA) is 102 Å². The second kappa shape index (κ2) is 4.86. The highest BCUT2D eigenvalue weighted by Crippen LogP contribution is 2.22. The third-order valence-corrected chi connectivity index (χ3v) is 2.05. The van der Waals surface area contributed by atoms with Gasteiger partial charge in [-0.05, 0) is 17.7 Å². The molecule has 0 aliphatic rings. The van der Waals surface area contributed by atoms with Crippen LogP contribution in [0.4, 0.5) is 8.78 Å². The summed E-state index contributed by atoms with van der Waals surface area (Å²) in [6, 6.07) is 2.39. The lowest BCUT2D eigenvalue weighted by Gasteiger charge is -2.13. The van der Waals surface area contributed by atoms with E-state index < -0.39 is 40.9 Å². The van der Waals surface area contributed by atoms with Gasteiger partial charge in [0, 0.05) is 0 Å². The molecule has 7 heteroatoms. The second-order valence-electron chi connectivity index (χ2n) is 3.18. The number of benzene rings is 1. The Hall–Kier alpha value is -2.04. The van der Waals surface area contributed by atoms with E-state index >= 15 is 0 Å². The number of nitrogens with zero attached hydrogens (tertiary/aromatic N) is 1. The van der Waals surface area contributed by atoms with Gasteiger partial charge in [-0.1, -0.05) is 0 Å². The molecule has 0 heterocycles. The smallest absolute Gasteiger partial charge is 0.341 e. The lowest BCUT2D eigenvalue weighted by atomic mass is 10.0. The van der Waals surface area contributed by atoms with E-state index in [0.29, 0.717) is 12.1 Å². The lowest BCUT2D eigenvalue weighted by Crippen LogP contribution is -2.17. The predicted molar refractivity (Wildman–Crippen MR) is 49.9 cm³/mol. The molecule has 0 saturated carbocycles. The fraction of sp³-hybridized carbons (Fsp3) is 0.200. The average Bonchev–Trinajstić information content (AvgIpc) is 2.25. The summed E-state index contributed by atoms with van der Waals surface area (Å²) in [6.45, 7) is 0. The molecule has 90 valence electrons. The molecule has 17 heavy (non-hydrogen) atoms. The zero-order valence-electron chi connectivity index (χ0n) is 8.26. The Bertz CT molecular complexity index is 475. The van der Waals surface area contributed by atoms with Gasteiger partial charge in [-0.2, -0.15) is 5.26 Å². The maximum atomic E-state index is 13.2. The number of aromatic carboxylic acids is 1. The van der Waals surface area contributed by atoms with Crippen LogP contribution in [0.5, 0.6) is 0 Å². The lowest BCUT2D eigenvalue weighted by molar-refractivity contribution is 0.0522. The van der Waals surface area contributed by atoms with Gasteiger partial charge in [0.05, 0.1) is 6.07 Å².